The van der Waals surface area contributed by atoms with Crippen LogP contribution < -0.4 is 0 Å². The van der Waals surface area contributed by atoms with Gasteiger partial charge in [-0.05, 0) is 24.8 Å². The molecule has 2 N–H and O–H groups in total. The van der Waals surface area contributed by atoms with E-state index in [0.717, 1.165) is 12.8 Å². The molecule has 1 rings (SSSR count). The van der Waals surface area contributed by atoms with Gasteiger partial charge in [0, 0.05) is 6.42 Å². The Morgan fingerprint density at radius 1 is 0.471 bits per heavy atom. The minimum Gasteiger partial charge on any atom is -0.365 e. The standard InChI is InChI=1S/C31H55ClO2/c32-29-31(33,34)28-24-19-17-15-13-11-9-7-5-3-1-2-4-6-8-10-12-14-16-18-21-25-30-26-22-20-23-27-30/h20,22-23,26-27,33-34H,1-19,21,24-25,28-29H2. The third-order valence-corrected chi connectivity index (χ3v) is 7.53. The normalized spacial score (nSPS) is 11.9. The number of aliphatic hydroxyl groups is 2. The van der Waals surface area contributed by atoms with Gasteiger partial charge in [0.25, 0.3) is 0 Å². The van der Waals surface area contributed by atoms with Gasteiger partial charge in [-0.15, -0.1) is 11.6 Å². The van der Waals surface area contributed by atoms with Crippen LogP contribution in [0.5, 0.6) is 0 Å². The maximum Gasteiger partial charge on any atom is 0.176 e. The number of benzene rings is 1. The van der Waals surface area contributed by atoms with Crippen LogP contribution in [0.3, 0.4) is 0 Å². The highest BCUT2D eigenvalue weighted by atomic mass is 35.5. The Bertz CT molecular complexity index is 531. The van der Waals surface area contributed by atoms with Crippen molar-refractivity contribution in [1.82, 2.24) is 0 Å². The first-order valence-electron chi connectivity index (χ1n) is 14.7. The number of aryl methyl sites for hydroxylation is 1. The molecule has 0 atom stereocenters. The van der Waals surface area contributed by atoms with Gasteiger partial charge >= 0.3 is 0 Å². The summed E-state index contributed by atoms with van der Waals surface area (Å²) in [5.74, 6) is -1.76. The molecule has 1 aromatic rings. The van der Waals surface area contributed by atoms with Crippen LogP contribution in [0.25, 0.3) is 0 Å². The van der Waals surface area contributed by atoms with Crippen molar-refractivity contribution in [2.75, 3.05) is 5.88 Å². The van der Waals surface area contributed by atoms with Crippen molar-refractivity contribution in [2.45, 2.75) is 153 Å². The number of hydrogen-bond acceptors (Lipinski definition) is 2. The molecule has 0 saturated carbocycles. The molecule has 198 valence electrons. The van der Waals surface area contributed by atoms with E-state index >= 15 is 0 Å². The predicted molar refractivity (Wildman–Crippen MR) is 150 cm³/mol. The molecule has 0 unspecified atom stereocenters. The molecule has 0 radical (unpaired) electrons. The largest absolute Gasteiger partial charge is 0.365 e. The lowest BCUT2D eigenvalue weighted by Crippen LogP contribution is -2.29. The summed E-state index contributed by atoms with van der Waals surface area (Å²) < 4.78 is 0. The van der Waals surface area contributed by atoms with Gasteiger partial charge < -0.3 is 10.2 Å². The van der Waals surface area contributed by atoms with Gasteiger partial charge in [0.15, 0.2) is 5.79 Å². The Hall–Kier alpha value is -0.570. The fraction of sp³-hybridized carbons (Fsp3) is 0.806. The van der Waals surface area contributed by atoms with E-state index in [9.17, 15) is 10.2 Å². The van der Waals surface area contributed by atoms with Crippen LogP contribution in [0, 0.1) is 0 Å². The molecule has 0 bridgehead atoms. The highest BCUT2D eigenvalue weighted by Crippen LogP contribution is 2.17. The Kier molecular flexibility index (Phi) is 21.2. The summed E-state index contributed by atoms with van der Waals surface area (Å²) >= 11 is 5.50. The number of alkyl halides is 1. The molecule has 0 aliphatic heterocycles. The number of hydrogen-bond donors (Lipinski definition) is 2. The van der Waals surface area contributed by atoms with Crippen LogP contribution in [-0.4, -0.2) is 21.9 Å². The van der Waals surface area contributed by atoms with Gasteiger partial charge in [-0.25, -0.2) is 0 Å². The zero-order valence-corrected chi connectivity index (χ0v) is 22.9. The molecule has 0 aromatic heterocycles. The predicted octanol–water partition coefficient (Wildman–Crippen LogP) is 9.73. The fourth-order valence-electron chi connectivity index (χ4n) is 4.81. The highest BCUT2D eigenvalue weighted by molar-refractivity contribution is 6.18. The van der Waals surface area contributed by atoms with Gasteiger partial charge in [-0.1, -0.05) is 152 Å². The van der Waals surface area contributed by atoms with Crippen LogP contribution in [0.15, 0.2) is 30.3 Å². The van der Waals surface area contributed by atoms with E-state index in [-0.39, 0.29) is 5.88 Å². The summed E-state index contributed by atoms with van der Waals surface area (Å²) in [6.07, 6.45) is 30.0. The van der Waals surface area contributed by atoms with E-state index in [1.807, 2.05) is 0 Å². The quantitative estimate of drug-likeness (QED) is 0.0806. The fourth-order valence-corrected chi connectivity index (χ4v) is 4.94. The maximum absolute atomic E-state index is 9.44. The first-order valence-corrected chi connectivity index (χ1v) is 15.2. The first kappa shape index (κ1) is 31.5. The second-order valence-electron chi connectivity index (χ2n) is 10.5. The van der Waals surface area contributed by atoms with Crippen LogP contribution >= 0.6 is 11.6 Å². The smallest absolute Gasteiger partial charge is 0.176 e. The van der Waals surface area contributed by atoms with Crippen LogP contribution in [0.1, 0.15) is 147 Å². The molecule has 0 heterocycles. The molecule has 0 aliphatic carbocycles. The van der Waals surface area contributed by atoms with Crippen molar-refractivity contribution in [1.29, 1.82) is 0 Å². The zero-order chi connectivity index (χ0) is 24.6. The van der Waals surface area contributed by atoms with E-state index in [4.69, 9.17) is 11.6 Å². The summed E-state index contributed by atoms with van der Waals surface area (Å²) in [4.78, 5) is 0. The molecule has 34 heavy (non-hydrogen) atoms. The van der Waals surface area contributed by atoms with E-state index in [1.165, 1.54) is 134 Å². The van der Waals surface area contributed by atoms with Crippen molar-refractivity contribution >= 4 is 11.6 Å². The second kappa shape index (κ2) is 22.9. The van der Waals surface area contributed by atoms with Gasteiger partial charge in [0.2, 0.25) is 0 Å². The van der Waals surface area contributed by atoms with Crippen LogP contribution in [0.4, 0.5) is 0 Å². The summed E-state index contributed by atoms with van der Waals surface area (Å²) in [7, 11) is 0. The average molecular weight is 495 g/mol. The Morgan fingerprint density at radius 2 is 0.794 bits per heavy atom. The van der Waals surface area contributed by atoms with Crippen molar-refractivity contribution < 1.29 is 10.2 Å². The van der Waals surface area contributed by atoms with Gasteiger partial charge in [0.1, 0.15) is 0 Å². The summed E-state index contributed by atoms with van der Waals surface area (Å²) in [5, 5.41) is 18.9. The Labute approximate surface area is 216 Å². The van der Waals surface area contributed by atoms with Gasteiger partial charge in [-0.2, -0.15) is 0 Å². The SMILES string of the molecule is OC(O)(CCl)CCCCCCCCCCCCCCCCCCCCCCCc1ccccc1. The number of rotatable bonds is 25. The number of halogens is 1. The lowest BCUT2D eigenvalue weighted by Gasteiger charge is -2.17. The summed E-state index contributed by atoms with van der Waals surface area (Å²) in [5.41, 5.74) is 1.49. The molecule has 0 spiro atoms. The van der Waals surface area contributed by atoms with Crippen molar-refractivity contribution in [3.05, 3.63) is 35.9 Å². The lowest BCUT2D eigenvalue weighted by atomic mass is 10.0. The van der Waals surface area contributed by atoms with Gasteiger partial charge in [-0.3, -0.25) is 0 Å². The first-order chi connectivity index (χ1) is 16.6. The second-order valence-corrected chi connectivity index (χ2v) is 10.8. The molecule has 0 saturated heterocycles. The summed E-state index contributed by atoms with van der Waals surface area (Å²) in [6.45, 7) is 0. The molecule has 2 nitrogen and oxygen atoms in total. The third-order valence-electron chi connectivity index (χ3n) is 7.10. The summed E-state index contributed by atoms with van der Waals surface area (Å²) in [6, 6.07) is 10.9. The average Bonchev–Trinajstić information content (AvgIpc) is 2.85. The zero-order valence-electron chi connectivity index (χ0n) is 22.1. The third kappa shape index (κ3) is 20.8. The van der Waals surface area contributed by atoms with E-state index in [0.29, 0.717) is 6.42 Å². The van der Waals surface area contributed by atoms with Crippen molar-refractivity contribution in [3.63, 3.8) is 0 Å². The molecule has 0 aliphatic rings. The van der Waals surface area contributed by atoms with E-state index in [2.05, 4.69) is 30.3 Å². The lowest BCUT2D eigenvalue weighted by molar-refractivity contribution is -0.147. The Balaban J connectivity index is 1.67. The highest BCUT2D eigenvalue weighted by Gasteiger charge is 2.20. The van der Waals surface area contributed by atoms with Crippen molar-refractivity contribution in [2.24, 2.45) is 0 Å². The molecule has 0 amide bonds. The topological polar surface area (TPSA) is 40.5 Å². The van der Waals surface area contributed by atoms with E-state index < -0.39 is 5.79 Å². The van der Waals surface area contributed by atoms with Crippen LogP contribution in [-0.2, 0) is 6.42 Å². The Morgan fingerprint density at radius 3 is 1.15 bits per heavy atom. The maximum atomic E-state index is 9.44. The minimum atomic E-state index is -1.66. The minimum absolute atomic E-state index is 0.0938. The molecular weight excluding hydrogens is 440 g/mol. The monoisotopic (exact) mass is 494 g/mol. The molecule has 1 aromatic carbocycles. The van der Waals surface area contributed by atoms with Gasteiger partial charge in [0.05, 0.1) is 5.88 Å². The molecule has 3 heteroatoms. The van der Waals surface area contributed by atoms with Crippen molar-refractivity contribution in [3.8, 4) is 0 Å². The molecule has 0 fully saturated rings. The molecular formula is C31H55ClO2. The van der Waals surface area contributed by atoms with E-state index in [1.54, 1.807) is 0 Å². The van der Waals surface area contributed by atoms with Crippen LogP contribution in [0.2, 0.25) is 0 Å². The number of unbranched alkanes of at least 4 members (excludes halogenated alkanes) is 20.